The van der Waals surface area contributed by atoms with E-state index in [1.807, 2.05) is 12.1 Å². The fourth-order valence-corrected chi connectivity index (χ4v) is 2.36. The Hall–Kier alpha value is -2.60. The van der Waals surface area contributed by atoms with Crippen molar-refractivity contribution in [2.24, 2.45) is 0 Å². The maximum atomic E-state index is 2.22. The molecule has 0 N–H and O–H groups in total. The minimum absolute atomic E-state index is 0.962. The molecule has 3 aromatic rings. The van der Waals surface area contributed by atoms with Crippen molar-refractivity contribution >= 4 is 6.08 Å². The van der Waals surface area contributed by atoms with Crippen LogP contribution in [0.4, 0.5) is 0 Å². The number of allylic oxidation sites excluding steroid dienone is 1. The molecule has 0 aliphatic carbocycles. The van der Waals surface area contributed by atoms with Crippen LogP contribution in [0.5, 0.6) is 0 Å². The third kappa shape index (κ3) is 3.70. The quantitative estimate of drug-likeness (QED) is 0.578. The molecular weight excluding hydrogens is 252 g/mol. The van der Waals surface area contributed by atoms with Crippen molar-refractivity contribution in [2.45, 2.75) is 6.42 Å². The molecule has 0 bridgehead atoms. The summed E-state index contributed by atoms with van der Waals surface area (Å²) in [5, 5.41) is 0. The average Bonchev–Trinajstić information content (AvgIpc) is 2.57. The van der Waals surface area contributed by atoms with Crippen LogP contribution in [0.15, 0.2) is 91.0 Å². The SMILES string of the molecule is C(=C\c1ccccc1)/Cc1ccc(-c2ccccc2)cc1. The standard InChI is InChI=1S/C21H18/c1-3-8-18(9-4-1)10-7-11-19-14-16-21(17-15-19)20-12-5-2-6-13-20/h1-10,12-17H,11H2/b10-7+. The molecule has 21 heavy (non-hydrogen) atoms. The first kappa shape index (κ1) is 13.4. The molecule has 0 radical (unpaired) electrons. The van der Waals surface area contributed by atoms with Gasteiger partial charge in [0.25, 0.3) is 0 Å². The largest absolute Gasteiger partial charge is 0.0795 e. The summed E-state index contributed by atoms with van der Waals surface area (Å²) < 4.78 is 0. The molecular formula is C21H18. The van der Waals surface area contributed by atoms with Crippen LogP contribution in [0, 0.1) is 0 Å². The lowest BCUT2D eigenvalue weighted by Gasteiger charge is -2.03. The van der Waals surface area contributed by atoms with Gasteiger partial charge in [0.05, 0.1) is 0 Å². The molecule has 0 saturated heterocycles. The summed E-state index contributed by atoms with van der Waals surface area (Å²) in [6, 6.07) is 29.7. The Kier molecular flexibility index (Phi) is 4.28. The smallest absolute Gasteiger partial charge is 0.00941 e. The highest BCUT2D eigenvalue weighted by Gasteiger charge is 1.96. The molecule has 0 atom stereocenters. The van der Waals surface area contributed by atoms with Crippen LogP contribution in [0.2, 0.25) is 0 Å². The van der Waals surface area contributed by atoms with Gasteiger partial charge in [-0.15, -0.1) is 0 Å². The van der Waals surface area contributed by atoms with Gasteiger partial charge in [0.15, 0.2) is 0 Å². The van der Waals surface area contributed by atoms with E-state index in [-0.39, 0.29) is 0 Å². The molecule has 0 saturated carbocycles. The van der Waals surface area contributed by atoms with Gasteiger partial charge in [0, 0.05) is 0 Å². The molecule has 0 aliphatic heterocycles. The van der Waals surface area contributed by atoms with Crippen LogP contribution in [-0.2, 0) is 6.42 Å². The predicted molar refractivity (Wildman–Crippen MR) is 91.1 cm³/mol. The van der Waals surface area contributed by atoms with Gasteiger partial charge in [0.1, 0.15) is 0 Å². The normalized spacial score (nSPS) is 10.9. The fourth-order valence-electron chi connectivity index (χ4n) is 2.36. The van der Waals surface area contributed by atoms with E-state index < -0.39 is 0 Å². The van der Waals surface area contributed by atoms with Crippen molar-refractivity contribution in [3.05, 3.63) is 102 Å². The zero-order chi connectivity index (χ0) is 14.3. The van der Waals surface area contributed by atoms with Crippen LogP contribution >= 0.6 is 0 Å². The fraction of sp³-hybridized carbons (Fsp3) is 0.0476. The second-order valence-electron chi connectivity index (χ2n) is 5.08. The summed E-state index contributed by atoms with van der Waals surface area (Å²) in [7, 11) is 0. The number of hydrogen-bond acceptors (Lipinski definition) is 0. The third-order valence-corrected chi connectivity index (χ3v) is 3.52. The molecule has 0 aliphatic rings. The highest BCUT2D eigenvalue weighted by atomic mass is 14.0. The zero-order valence-electron chi connectivity index (χ0n) is 11.9. The highest BCUT2D eigenvalue weighted by molar-refractivity contribution is 5.63. The zero-order valence-corrected chi connectivity index (χ0v) is 11.9. The lowest BCUT2D eigenvalue weighted by atomic mass is 10.0. The van der Waals surface area contributed by atoms with E-state index in [4.69, 9.17) is 0 Å². The van der Waals surface area contributed by atoms with Crippen LogP contribution in [-0.4, -0.2) is 0 Å². The monoisotopic (exact) mass is 270 g/mol. The minimum Gasteiger partial charge on any atom is -0.0795 e. The van der Waals surface area contributed by atoms with Crippen molar-refractivity contribution in [2.75, 3.05) is 0 Å². The van der Waals surface area contributed by atoms with Crippen LogP contribution in [0.1, 0.15) is 11.1 Å². The Morgan fingerprint density at radius 1 is 0.571 bits per heavy atom. The molecule has 0 fully saturated rings. The van der Waals surface area contributed by atoms with Crippen LogP contribution in [0.25, 0.3) is 17.2 Å². The van der Waals surface area contributed by atoms with E-state index in [0.717, 1.165) is 6.42 Å². The van der Waals surface area contributed by atoms with E-state index in [9.17, 15) is 0 Å². The first-order valence-corrected chi connectivity index (χ1v) is 7.28. The Bertz CT molecular complexity index is 692. The summed E-state index contributed by atoms with van der Waals surface area (Å²) in [6.07, 6.45) is 5.35. The molecule has 3 aromatic carbocycles. The molecule has 0 amide bonds. The summed E-state index contributed by atoms with van der Waals surface area (Å²) in [4.78, 5) is 0. The molecule has 102 valence electrons. The summed E-state index contributed by atoms with van der Waals surface area (Å²) in [6.45, 7) is 0. The van der Waals surface area contributed by atoms with Crippen molar-refractivity contribution in [1.82, 2.24) is 0 Å². The average molecular weight is 270 g/mol. The van der Waals surface area contributed by atoms with Gasteiger partial charge in [-0.3, -0.25) is 0 Å². The summed E-state index contributed by atoms with van der Waals surface area (Å²) in [5.74, 6) is 0. The van der Waals surface area contributed by atoms with Gasteiger partial charge in [-0.1, -0.05) is 97.1 Å². The minimum atomic E-state index is 0.962. The van der Waals surface area contributed by atoms with Crippen LogP contribution in [0.3, 0.4) is 0 Å². The topological polar surface area (TPSA) is 0 Å². The second-order valence-corrected chi connectivity index (χ2v) is 5.08. The Balaban J connectivity index is 1.66. The first-order chi connectivity index (χ1) is 10.4. The molecule has 0 spiro atoms. The Morgan fingerprint density at radius 3 is 1.81 bits per heavy atom. The highest BCUT2D eigenvalue weighted by Crippen LogP contribution is 2.19. The molecule has 0 heterocycles. The van der Waals surface area contributed by atoms with Gasteiger partial charge in [-0.25, -0.2) is 0 Å². The van der Waals surface area contributed by atoms with Crippen molar-refractivity contribution in [3.8, 4) is 11.1 Å². The maximum Gasteiger partial charge on any atom is -0.00941 e. The third-order valence-electron chi connectivity index (χ3n) is 3.52. The number of hydrogen-bond donors (Lipinski definition) is 0. The molecule has 0 unspecified atom stereocenters. The number of benzene rings is 3. The lowest BCUT2D eigenvalue weighted by molar-refractivity contribution is 1.28. The van der Waals surface area contributed by atoms with Gasteiger partial charge in [-0.2, -0.15) is 0 Å². The molecule has 3 rings (SSSR count). The van der Waals surface area contributed by atoms with E-state index >= 15 is 0 Å². The maximum absolute atomic E-state index is 2.22. The van der Waals surface area contributed by atoms with Crippen molar-refractivity contribution in [3.63, 3.8) is 0 Å². The number of rotatable bonds is 4. The van der Waals surface area contributed by atoms with Gasteiger partial charge < -0.3 is 0 Å². The van der Waals surface area contributed by atoms with Crippen LogP contribution < -0.4 is 0 Å². The Labute approximate surface area is 126 Å². The van der Waals surface area contributed by atoms with Gasteiger partial charge in [0.2, 0.25) is 0 Å². The Morgan fingerprint density at radius 2 is 1.14 bits per heavy atom. The molecule has 0 heteroatoms. The van der Waals surface area contributed by atoms with Gasteiger partial charge >= 0.3 is 0 Å². The molecule has 0 nitrogen and oxygen atoms in total. The van der Waals surface area contributed by atoms with E-state index in [0.29, 0.717) is 0 Å². The van der Waals surface area contributed by atoms with E-state index in [1.165, 1.54) is 22.3 Å². The lowest BCUT2D eigenvalue weighted by Crippen LogP contribution is -1.82. The predicted octanol–water partition coefficient (Wildman–Crippen LogP) is 5.61. The van der Waals surface area contributed by atoms with E-state index in [2.05, 4.69) is 84.9 Å². The second kappa shape index (κ2) is 6.71. The summed E-state index contributed by atoms with van der Waals surface area (Å²) in [5.41, 5.74) is 5.12. The molecule has 0 aromatic heterocycles. The van der Waals surface area contributed by atoms with E-state index in [1.54, 1.807) is 0 Å². The summed E-state index contributed by atoms with van der Waals surface area (Å²) >= 11 is 0. The van der Waals surface area contributed by atoms with Crippen molar-refractivity contribution in [1.29, 1.82) is 0 Å². The van der Waals surface area contributed by atoms with Gasteiger partial charge in [-0.05, 0) is 28.7 Å². The van der Waals surface area contributed by atoms with Crippen molar-refractivity contribution < 1.29 is 0 Å². The first-order valence-electron chi connectivity index (χ1n) is 7.28.